The molecular weight excluding hydrogens is 401 g/mol. The zero-order valence-electron chi connectivity index (χ0n) is 15.9. The Morgan fingerprint density at radius 1 is 0.967 bits per heavy atom. The van der Waals surface area contributed by atoms with Crippen LogP contribution in [0.2, 0.25) is 0 Å². The Morgan fingerprint density at radius 2 is 1.77 bits per heavy atom. The summed E-state index contributed by atoms with van der Waals surface area (Å²) in [5.74, 6) is 0.995. The fraction of sp³-hybridized carbons (Fsp3) is 0.0870. The normalized spacial score (nSPS) is 10.7. The number of furan rings is 1. The molecule has 0 aliphatic carbocycles. The third-order valence-corrected chi connectivity index (χ3v) is 5.38. The van der Waals surface area contributed by atoms with Crippen molar-refractivity contribution in [2.45, 2.75) is 17.3 Å². The number of benzene rings is 2. The Labute approximate surface area is 177 Å². The Bertz CT molecular complexity index is 1100. The maximum Gasteiger partial charge on any atom is 0.251 e. The van der Waals surface area contributed by atoms with Gasteiger partial charge in [0.15, 0.2) is 0 Å². The van der Waals surface area contributed by atoms with Gasteiger partial charge in [0.2, 0.25) is 0 Å². The van der Waals surface area contributed by atoms with Gasteiger partial charge >= 0.3 is 0 Å². The molecule has 0 bridgehead atoms. The predicted molar refractivity (Wildman–Crippen MR) is 113 cm³/mol. The summed E-state index contributed by atoms with van der Waals surface area (Å²) in [7, 11) is 0. The number of hydrogen-bond acceptors (Lipinski definition) is 5. The first-order valence-corrected chi connectivity index (χ1v) is 10.3. The van der Waals surface area contributed by atoms with Gasteiger partial charge in [-0.1, -0.05) is 23.9 Å². The lowest BCUT2D eigenvalue weighted by Gasteiger charge is -2.06. The van der Waals surface area contributed by atoms with Crippen molar-refractivity contribution < 1.29 is 13.6 Å². The molecule has 0 fully saturated rings. The van der Waals surface area contributed by atoms with Gasteiger partial charge in [-0.05, 0) is 66.2 Å². The molecule has 2 aromatic heterocycles. The largest absolute Gasteiger partial charge is 0.467 e. The monoisotopic (exact) mass is 419 g/mol. The molecule has 4 aromatic rings. The van der Waals surface area contributed by atoms with Gasteiger partial charge in [-0.15, -0.1) is 10.2 Å². The van der Waals surface area contributed by atoms with Crippen LogP contribution in [0.1, 0.15) is 21.7 Å². The minimum atomic E-state index is -0.278. The van der Waals surface area contributed by atoms with Crippen LogP contribution < -0.4 is 5.32 Å². The van der Waals surface area contributed by atoms with E-state index in [4.69, 9.17) is 4.42 Å². The highest BCUT2D eigenvalue weighted by atomic mass is 32.2. The maximum absolute atomic E-state index is 13.0. The third kappa shape index (κ3) is 5.12. The maximum atomic E-state index is 13.0. The van der Waals surface area contributed by atoms with E-state index in [0.717, 1.165) is 16.2 Å². The van der Waals surface area contributed by atoms with Gasteiger partial charge in [0.1, 0.15) is 16.6 Å². The SMILES string of the molecule is O=C(NCc1ccco1)c1ccc(CSc2ccc(-c3ccc(F)cc3)nn2)cc1. The number of hydrogen-bond donors (Lipinski definition) is 1. The molecule has 150 valence electrons. The van der Waals surface area contributed by atoms with Crippen LogP contribution in [0, 0.1) is 5.82 Å². The van der Waals surface area contributed by atoms with E-state index in [9.17, 15) is 9.18 Å². The van der Waals surface area contributed by atoms with Crippen LogP contribution in [0.5, 0.6) is 0 Å². The van der Waals surface area contributed by atoms with E-state index in [2.05, 4.69) is 15.5 Å². The molecule has 1 N–H and O–H groups in total. The molecule has 0 saturated carbocycles. The second kappa shape index (κ2) is 9.37. The van der Waals surface area contributed by atoms with Crippen molar-refractivity contribution in [3.8, 4) is 11.3 Å². The lowest BCUT2D eigenvalue weighted by molar-refractivity contribution is 0.0948. The number of halogens is 1. The smallest absolute Gasteiger partial charge is 0.251 e. The number of thioether (sulfide) groups is 1. The lowest BCUT2D eigenvalue weighted by Crippen LogP contribution is -2.22. The average Bonchev–Trinajstić information content (AvgIpc) is 3.31. The van der Waals surface area contributed by atoms with Gasteiger partial charge in [-0.2, -0.15) is 0 Å². The number of nitrogens with one attached hydrogen (secondary N) is 1. The third-order valence-electron chi connectivity index (χ3n) is 4.39. The molecule has 0 radical (unpaired) electrons. The lowest BCUT2D eigenvalue weighted by atomic mass is 10.1. The van der Waals surface area contributed by atoms with Crippen LogP contribution in [0.25, 0.3) is 11.3 Å². The zero-order chi connectivity index (χ0) is 20.8. The van der Waals surface area contributed by atoms with Crippen molar-refractivity contribution in [1.29, 1.82) is 0 Å². The van der Waals surface area contributed by atoms with Gasteiger partial charge in [0.25, 0.3) is 5.91 Å². The predicted octanol–water partition coefficient (Wildman–Crippen LogP) is 5.10. The highest BCUT2D eigenvalue weighted by Crippen LogP contribution is 2.23. The zero-order valence-corrected chi connectivity index (χ0v) is 16.7. The van der Waals surface area contributed by atoms with E-state index in [1.807, 2.05) is 30.3 Å². The van der Waals surface area contributed by atoms with Crippen LogP contribution in [-0.2, 0) is 12.3 Å². The molecule has 2 aromatic carbocycles. The van der Waals surface area contributed by atoms with Crippen LogP contribution in [0.15, 0.2) is 88.5 Å². The Balaban J connectivity index is 1.30. The molecule has 30 heavy (non-hydrogen) atoms. The summed E-state index contributed by atoms with van der Waals surface area (Å²) in [5, 5.41) is 12.1. The second-order valence-electron chi connectivity index (χ2n) is 6.51. The number of carbonyl (C=O) groups is 1. The number of carbonyl (C=O) groups excluding carboxylic acids is 1. The standard InChI is InChI=1S/C23H18FN3O2S/c24-19-9-7-17(8-10-19)21-11-12-22(27-26-21)30-15-16-3-5-18(6-4-16)23(28)25-14-20-2-1-13-29-20/h1-13H,14-15H2,(H,25,28). The molecule has 0 aliphatic rings. The molecule has 0 aliphatic heterocycles. The summed E-state index contributed by atoms with van der Waals surface area (Å²) >= 11 is 1.56. The molecular formula is C23H18FN3O2S. The Morgan fingerprint density at radius 3 is 2.43 bits per heavy atom. The number of amides is 1. The highest BCUT2D eigenvalue weighted by molar-refractivity contribution is 7.98. The van der Waals surface area contributed by atoms with Crippen LogP contribution in [0.4, 0.5) is 4.39 Å². The first-order chi connectivity index (χ1) is 14.7. The van der Waals surface area contributed by atoms with Crippen LogP contribution in [0.3, 0.4) is 0 Å². The second-order valence-corrected chi connectivity index (χ2v) is 7.51. The molecule has 0 saturated heterocycles. The molecule has 0 atom stereocenters. The summed E-state index contributed by atoms with van der Waals surface area (Å²) < 4.78 is 18.2. The first kappa shape index (κ1) is 19.8. The number of rotatable bonds is 7. The fourth-order valence-corrected chi connectivity index (χ4v) is 3.53. The van der Waals surface area contributed by atoms with E-state index < -0.39 is 0 Å². The molecule has 4 rings (SSSR count). The molecule has 5 nitrogen and oxygen atoms in total. The minimum Gasteiger partial charge on any atom is -0.467 e. The van der Waals surface area contributed by atoms with Crippen LogP contribution >= 0.6 is 11.8 Å². The Hall–Kier alpha value is -3.45. The van der Waals surface area contributed by atoms with Crippen molar-refractivity contribution in [2.24, 2.45) is 0 Å². The quantitative estimate of drug-likeness (QED) is 0.422. The summed E-state index contributed by atoms with van der Waals surface area (Å²) in [6.45, 7) is 0.357. The van der Waals surface area contributed by atoms with Crippen molar-refractivity contribution in [1.82, 2.24) is 15.5 Å². The van der Waals surface area contributed by atoms with Crippen LogP contribution in [-0.4, -0.2) is 16.1 Å². The first-order valence-electron chi connectivity index (χ1n) is 9.29. The molecule has 7 heteroatoms. The molecule has 1 amide bonds. The molecule has 0 spiro atoms. The molecule has 0 unspecified atom stereocenters. The summed E-state index contributed by atoms with van der Waals surface area (Å²) in [4.78, 5) is 12.2. The highest BCUT2D eigenvalue weighted by Gasteiger charge is 2.07. The summed E-state index contributed by atoms with van der Waals surface area (Å²) in [6.07, 6.45) is 1.58. The summed E-state index contributed by atoms with van der Waals surface area (Å²) in [5.41, 5.74) is 3.19. The van der Waals surface area contributed by atoms with Gasteiger partial charge in [-0.3, -0.25) is 4.79 Å². The number of aromatic nitrogens is 2. The van der Waals surface area contributed by atoms with E-state index in [0.29, 0.717) is 29.3 Å². The minimum absolute atomic E-state index is 0.146. The van der Waals surface area contributed by atoms with E-state index in [1.54, 1.807) is 48.4 Å². The number of nitrogens with zero attached hydrogens (tertiary/aromatic N) is 2. The van der Waals surface area contributed by atoms with Gasteiger partial charge < -0.3 is 9.73 Å². The van der Waals surface area contributed by atoms with Crippen molar-refractivity contribution in [3.05, 3.63) is 102 Å². The fourth-order valence-electron chi connectivity index (χ4n) is 2.76. The molecule has 2 heterocycles. The van der Waals surface area contributed by atoms with E-state index in [1.165, 1.54) is 12.1 Å². The summed E-state index contributed by atoms with van der Waals surface area (Å²) in [6, 6.07) is 21.0. The topological polar surface area (TPSA) is 68.0 Å². The Kier molecular flexibility index (Phi) is 6.20. The van der Waals surface area contributed by atoms with Crippen molar-refractivity contribution in [2.75, 3.05) is 0 Å². The van der Waals surface area contributed by atoms with Crippen molar-refractivity contribution >= 4 is 17.7 Å². The average molecular weight is 419 g/mol. The van der Waals surface area contributed by atoms with E-state index >= 15 is 0 Å². The van der Waals surface area contributed by atoms with Gasteiger partial charge in [0.05, 0.1) is 18.5 Å². The van der Waals surface area contributed by atoms with E-state index in [-0.39, 0.29) is 11.7 Å². The van der Waals surface area contributed by atoms with Gasteiger partial charge in [0, 0.05) is 16.9 Å². The van der Waals surface area contributed by atoms with Gasteiger partial charge in [-0.25, -0.2) is 4.39 Å². The van der Waals surface area contributed by atoms with Crippen molar-refractivity contribution in [3.63, 3.8) is 0 Å².